The lowest BCUT2D eigenvalue weighted by molar-refractivity contribution is 0.0144. The Morgan fingerprint density at radius 1 is 1.12 bits per heavy atom. The van der Waals surface area contributed by atoms with Crippen molar-refractivity contribution >= 4 is 0 Å². The highest BCUT2D eigenvalue weighted by Gasteiger charge is 2.23. The van der Waals surface area contributed by atoms with E-state index in [0.29, 0.717) is 0 Å². The third kappa shape index (κ3) is 25.5. The van der Waals surface area contributed by atoms with Crippen LogP contribution in [0.2, 0.25) is 0 Å². The minimum absolute atomic E-state index is 0.250. The SMILES string of the molecule is C=CCC(F)(F)CN.CCCCCC/C=C/C1CCCC1.CCO.CO. The molecule has 0 aromatic heterocycles. The minimum atomic E-state index is -2.75. The van der Waals surface area contributed by atoms with E-state index in [1.165, 1.54) is 57.8 Å². The van der Waals surface area contributed by atoms with Gasteiger partial charge in [-0.2, -0.15) is 0 Å². The number of unbranched alkanes of at least 4 members (excludes halogenated alkanes) is 4. The van der Waals surface area contributed by atoms with Crippen LogP contribution >= 0.6 is 0 Å². The topological polar surface area (TPSA) is 66.5 Å². The Morgan fingerprint density at radius 3 is 2.04 bits per heavy atom. The van der Waals surface area contributed by atoms with Gasteiger partial charge in [0.05, 0.1) is 6.54 Å². The molecule has 4 N–H and O–H groups in total. The first-order chi connectivity index (χ1) is 12.5. The van der Waals surface area contributed by atoms with Gasteiger partial charge in [0.25, 0.3) is 5.92 Å². The quantitative estimate of drug-likeness (QED) is 0.368. The van der Waals surface area contributed by atoms with Crippen molar-refractivity contribution in [2.75, 3.05) is 20.3 Å². The molecular weight excluding hydrogens is 336 g/mol. The molecule has 0 amide bonds. The van der Waals surface area contributed by atoms with Crippen LogP contribution in [0, 0.1) is 5.92 Å². The lowest BCUT2D eigenvalue weighted by Crippen LogP contribution is -2.26. The largest absolute Gasteiger partial charge is 0.400 e. The van der Waals surface area contributed by atoms with Crippen molar-refractivity contribution < 1.29 is 19.0 Å². The number of nitrogens with two attached hydrogens (primary N) is 1. The maximum Gasteiger partial charge on any atom is 0.263 e. The van der Waals surface area contributed by atoms with Crippen molar-refractivity contribution in [2.24, 2.45) is 11.7 Å². The van der Waals surface area contributed by atoms with Crippen LogP contribution in [0.4, 0.5) is 8.78 Å². The molecule has 0 saturated heterocycles. The average molecular weight is 380 g/mol. The summed E-state index contributed by atoms with van der Waals surface area (Å²) in [5.74, 6) is -1.81. The van der Waals surface area contributed by atoms with E-state index >= 15 is 0 Å². The Hall–Kier alpha value is -0.780. The zero-order chi connectivity index (χ0) is 20.7. The Kier molecular flexibility index (Phi) is 27.9. The number of rotatable bonds is 9. The van der Waals surface area contributed by atoms with Crippen LogP contribution in [0.3, 0.4) is 0 Å². The Morgan fingerprint density at radius 2 is 1.65 bits per heavy atom. The van der Waals surface area contributed by atoms with Crippen LogP contribution in [0.25, 0.3) is 0 Å². The van der Waals surface area contributed by atoms with Gasteiger partial charge < -0.3 is 15.9 Å². The fourth-order valence-electron chi connectivity index (χ4n) is 2.42. The van der Waals surface area contributed by atoms with Gasteiger partial charge in [-0.1, -0.05) is 57.3 Å². The normalized spacial score (nSPS) is 13.8. The number of alkyl halides is 2. The van der Waals surface area contributed by atoms with Gasteiger partial charge in [-0.25, -0.2) is 8.78 Å². The molecule has 0 radical (unpaired) electrons. The molecule has 5 heteroatoms. The number of aliphatic hydroxyl groups excluding tert-OH is 2. The Labute approximate surface area is 160 Å². The van der Waals surface area contributed by atoms with E-state index in [9.17, 15) is 8.78 Å². The molecule has 3 nitrogen and oxygen atoms in total. The number of aliphatic hydroxyl groups is 2. The third-order valence-corrected chi connectivity index (χ3v) is 3.77. The molecule has 0 aliphatic heterocycles. The lowest BCUT2D eigenvalue weighted by atomic mass is 10.1. The van der Waals surface area contributed by atoms with Crippen LogP contribution in [0.1, 0.15) is 78.1 Å². The first-order valence-electron chi connectivity index (χ1n) is 9.88. The van der Waals surface area contributed by atoms with E-state index in [1.54, 1.807) is 6.92 Å². The lowest BCUT2D eigenvalue weighted by Gasteiger charge is -2.08. The smallest absolute Gasteiger partial charge is 0.263 e. The maximum atomic E-state index is 12.0. The molecule has 0 unspecified atom stereocenters. The Bertz CT molecular complexity index is 292. The maximum absolute atomic E-state index is 12.0. The fourth-order valence-corrected chi connectivity index (χ4v) is 2.42. The predicted octanol–water partition coefficient (Wildman–Crippen LogP) is 5.47. The fraction of sp³-hybridized carbons (Fsp3) is 0.810. The summed E-state index contributed by atoms with van der Waals surface area (Å²) in [4.78, 5) is 0. The second-order valence-corrected chi connectivity index (χ2v) is 6.19. The second kappa shape index (κ2) is 24.2. The van der Waals surface area contributed by atoms with E-state index in [2.05, 4.69) is 25.7 Å². The van der Waals surface area contributed by atoms with Gasteiger partial charge in [-0.05, 0) is 38.5 Å². The molecule has 0 heterocycles. The van der Waals surface area contributed by atoms with E-state index in [1.807, 2.05) is 0 Å². The summed E-state index contributed by atoms with van der Waals surface area (Å²) in [6, 6.07) is 0. The summed E-state index contributed by atoms with van der Waals surface area (Å²) < 4.78 is 23.9. The first kappa shape index (κ1) is 30.0. The number of hydrogen-bond donors (Lipinski definition) is 3. The molecule has 1 saturated carbocycles. The molecular formula is C21H43F2NO2. The molecule has 0 aromatic carbocycles. The third-order valence-electron chi connectivity index (χ3n) is 3.77. The molecule has 0 aromatic rings. The van der Waals surface area contributed by atoms with Crippen molar-refractivity contribution in [2.45, 2.75) is 84.0 Å². The molecule has 1 fully saturated rings. The summed E-state index contributed by atoms with van der Waals surface area (Å²) in [6.07, 6.45) is 18.5. The van der Waals surface area contributed by atoms with Crippen molar-refractivity contribution in [3.63, 3.8) is 0 Å². The molecule has 0 atom stereocenters. The van der Waals surface area contributed by atoms with Crippen molar-refractivity contribution in [3.8, 4) is 0 Å². The molecule has 0 spiro atoms. The van der Waals surface area contributed by atoms with Crippen LogP contribution < -0.4 is 5.73 Å². The Balaban J connectivity index is -0.000000349. The summed E-state index contributed by atoms with van der Waals surface area (Å²) in [7, 11) is 1.00. The zero-order valence-electron chi connectivity index (χ0n) is 17.2. The van der Waals surface area contributed by atoms with Gasteiger partial charge in [0, 0.05) is 20.1 Å². The summed E-state index contributed by atoms with van der Waals surface area (Å²) in [5.41, 5.74) is 4.69. The molecule has 0 bridgehead atoms. The zero-order valence-corrected chi connectivity index (χ0v) is 17.2. The summed E-state index contributed by atoms with van der Waals surface area (Å²) in [6.45, 7) is 6.76. The van der Waals surface area contributed by atoms with E-state index in [-0.39, 0.29) is 13.0 Å². The minimum Gasteiger partial charge on any atom is -0.400 e. The molecule has 158 valence electrons. The van der Waals surface area contributed by atoms with Gasteiger partial charge >= 0.3 is 0 Å². The highest BCUT2D eigenvalue weighted by Crippen LogP contribution is 2.25. The van der Waals surface area contributed by atoms with Gasteiger partial charge in [-0.3, -0.25) is 0 Å². The number of hydrogen-bond acceptors (Lipinski definition) is 3. The van der Waals surface area contributed by atoms with Crippen LogP contribution in [-0.4, -0.2) is 36.4 Å². The van der Waals surface area contributed by atoms with Crippen LogP contribution in [0.15, 0.2) is 24.8 Å². The summed E-state index contributed by atoms with van der Waals surface area (Å²) in [5, 5.41) is 14.6. The van der Waals surface area contributed by atoms with Crippen molar-refractivity contribution in [1.82, 2.24) is 0 Å². The molecule has 1 aliphatic carbocycles. The highest BCUT2D eigenvalue weighted by atomic mass is 19.3. The number of halogens is 2. The first-order valence-corrected chi connectivity index (χ1v) is 9.88. The monoisotopic (exact) mass is 379 g/mol. The van der Waals surface area contributed by atoms with Crippen molar-refractivity contribution in [3.05, 3.63) is 24.8 Å². The van der Waals surface area contributed by atoms with Crippen LogP contribution in [0.5, 0.6) is 0 Å². The molecule has 1 aliphatic rings. The summed E-state index contributed by atoms with van der Waals surface area (Å²) >= 11 is 0. The molecule has 26 heavy (non-hydrogen) atoms. The average Bonchev–Trinajstić information content (AvgIpc) is 3.14. The highest BCUT2D eigenvalue weighted by molar-refractivity contribution is 4.90. The molecule has 1 rings (SSSR count). The van der Waals surface area contributed by atoms with E-state index < -0.39 is 12.5 Å². The second-order valence-electron chi connectivity index (χ2n) is 6.19. The van der Waals surface area contributed by atoms with E-state index in [4.69, 9.17) is 15.9 Å². The van der Waals surface area contributed by atoms with Gasteiger partial charge in [0.15, 0.2) is 0 Å². The predicted molar refractivity (Wildman–Crippen MR) is 110 cm³/mol. The standard InChI is InChI=1S/C13H24.C5H9F2N.C2H6O.CH4O/c1-2-3-4-5-6-7-10-13-11-8-9-12-13;1-2-3-5(6,7)4-8;1-2-3;1-2/h7,10,13H,2-6,8-9,11-12H2,1H3;2H,1,3-4,8H2;3H,2H2,1H3;2H,1H3/b10-7+;;;. The van der Waals surface area contributed by atoms with Gasteiger partial charge in [-0.15, -0.1) is 6.58 Å². The van der Waals surface area contributed by atoms with Crippen LogP contribution in [-0.2, 0) is 0 Å². The van der Waals surface area contributed by atoms with Crippen molar-refractivity contribution in [1.29, 1.82) is 0 Å². The van der Waals surface area contributed by atoms with Gasteiger partial charge in [0.1, 0.15) is 0 Å². The number of allylic oxidation sites excluding steroid dienone is 3. The van der Waals surface area contributed by atoms with E-state index in [0.717, 1.165) is 19.1 Å². The van der Waals surface area contributed by atoms with Gasteiger partial charge in [0.2, 0.25) is 0 Å².